The van der Waals surface area contributed by atoms with Crippen LogP contribution in [0.4, 0.5) is 4.39 Å². The van der Waals surface area contributed by atoms with Gasteiger partial charge in [-0.1, -0.05) is 48.5 Å². The molecule has 0 aliphatic carbocycles. The van der Waals surface area contributed by atoms with Gasteiger partial charge in [0.2, 0.25) is 0 Å². The Labute approximate surface area is 220 Å². The molecule has 1 unspecified atom stereocenters. The summed E-state index contributed by atoms with van der Waals surface area (Å²) < 4.78 is 26.7. The van der Waals surface area contributed by atoms with Gasteiger partial charge >= 0.3 is 0 Å². The molecule has 38 heavy (non-hydrogen) atoms. The van der Waals surface area contributed by atoms with E-state index in [9.17, 15) is 14.4 Å². The molecule has 0 fully saturated rings. The second kappa shape index (κ2) is 11.9. The quantitative estimate of drug-likeness (QED) is 0.236. The van der Waals surface area contributed by atoms with Crippen LogP contribution in [0, 0.1) is 17.1 Å². The second-order valence-corrected chi connectivity index (χ2v) is 8.57. The first-order valence-electron chi connectivity index (χ1n) is 11.9. The first-order valence-corrected chi connectivity index (χ1v) is 11.9. The standard InChI is InChI=1S/C30H27FN4O3/c1-20(21-9-5-4-6-10-21)33-30(36)24(17-32)15-25-19-35(18-23-11-7-8-12-26(23)31)34-29(25)22-13-14-27(37-2)28(16-22)38-3/h4-16,19-20H,18H2,1-3H3,(H,33,36)/b24-15+. The third kappa shape index (κ3) is 5.90. The Morgan fingerprint density at radius 2 is 1.79 bits per heavy atom. The molecule has 192 valence electrons. The van der Waals surface area contributed by atoms with Crippen LogP contribution in [0.5, 0.6) is 11.5 Å². The van der Waals surface area contributed by atoms with Gasteiger partial charge < -0.3 is 14.8 Å². The van der Waals surface area contributed by atoms with Gasteiger partial charge in [0.25, 0.3) is 5.91 Å². The van der Waals surface area contributed by atoms with E-state index < -0.39 is 5.91 Å². The minimum absolute atomic E-state index is 0.0834. The highest BCUT2D eigenvalue weighted by Crippen LogP contribution is 2.34. The van der Waals surface area contributed by atoms with Gasteiger partial charge in [0, 0.05) is 22.9 Å². The van der Waals surface area contributed by atoms with Crippen molar-refractivity contribution in [1.29, 1.82) is 5.26 Å². The van der Waals surface area contributed by atoms with Gasteiger partial charge in [-0.05, 0) is 42.8 Å². The summed E-state index contributed by atoms with van der Waals surface area (Å²) in [6, 6.07) is 22.9. The molecule has 7 nitrogen and oxygen atoms in total. The van der Waals surface area contributed by atoms with Crippen LogP contribution in [0.15, 0.2) is 84.6 Å². The molecular formula is C30H27FN4O3. The molecule has 0 saturated heterocycles. The highest BCUT2D eigenvalue weighted by Gasteiger charge is 2.18. The third-order valence-corrected chi connectivity index (χ3v) is 6.05. The maximum atomic E-state index is 14.3. The van der Waals surface area contributed by atoms with E-state index in [1.807, 2.05) is 43.3 Å². The monoisotopic (exact) mass is 510 g/mol. The van der Waals surface area contributed by atoms with Crippen LogP contribution >= 0.6 is 0 Å². The summed E-state index contributed by atoms with van der Waals surface area (Å²) in [4.78, 5) is 13.0. The Hall–Kier alpha value is -4.90. The molecule has 1 aromatic heterocycles. The topological polar surface area (TPSA) is 89.2 Å². The lowest BCUT2D eigenvalue weighted by molar-refractivity contribution is -0.117. The van der Waals surface area contributed by atoms with Crippen LogP contribution in [0.25, 0.3) is 17.3 Å². The lowest BCUT2D eigenvalue weighted by atomic mass is 10.0. The molecule has 0 aliphatic heterocycles. The van der Waals surface area contributed by atoms with Crippen molar-refractivity contribution in [2.75, 3.05) is 14.2 Å². The van der Waals surface area contributed by atoms with Crippen LogP contribution in [0.1, 0.15) is 29.7 Å². The number of ether oxygens (including phenoxy) is 2. The number of carbonyl (C=O) groups is 1. The van der Waals surface area contributed by atoms with E-state index >= 15 is 0 Å². The van der Waals surface area contributed by atoms with Crippen molar-refractivity contribution >= 4 is 12.0 Å². The predicted molar refractivity (Wildman–Crippen MR) is 143 cm³/mol. The van der Waals surface area contributed by atoms with Crippen molar-refractivity contribution in [3.8, 4) is 28.8 Å². The molecule has 4 rings (SSSR count). The molecular weight excluding hydrogens is 483 g/mol. The molecule has 1 amide bonds. The smallest absolute Gasteiger partial charge is 0.262 e. The van der Waals surface area contributed by atoms with Gasteiger partial charge in [0.1, 0.15) is 17.5 Å². The van der Waals surface area contributed by atoms with E-state index in [1.165, 1.54) is 19.3 Å². The normalized spacial score (nSPS) is 11.9. The number of carbonyl (C=O) groups excluding carboxylic acids is 1. The third-order valence-electron chi connectivity index (χ3n) is 6.05. The average Bonchev–Trinajstić information content (AvgIpc) is 3.34. The van der Waals surface area contributed by atoms with Crippen LogP contribution in [0.3, 0.4) is 0 Å². The van der Waals surface area contributed by atoms with E-state index in [4.69, 9.17) is 9.47 Å². The number of aromatic nitrogens is 2. The maximum Gasteiger partial charge on any atom is 0.262 e. The second-order valence-electron chi connectivity index (χ2n) is 8.57. The number of hydrogen-bond acceptors (Lipinski definition) is 5. The van der Waals surface area contributed by atoms with E-state index in [0.717, 1.165) is 5.56 Å². The highest BCUT2D eigenvalue weighted by molar-refractivity contribution is 6.02. The molecule has 0 bridgehead atoms. The maximum absolute atomic E-state index is 14.3. The Balaban J connectivity index is 1.73. The summed E-state index contributed by atoms with van der Waals surface area (Å²) in [5.41, 5.74) is 2.99. The highest BCUT2D eigenvalue weighted by atomic mass is 19.1. The number of hydrogen-bond donors (Lipinski definition) is 1. The minimum atomic E-state index is -0.510. The molecule has 4 aromatic rings. The first kappa shape index (κ1) is 26.2. The van der Waals surface area contributed by atoms with Crippen LogP contribution < -0.4 is 14.8 Å². The van der Waals surface area contributed by atoms with Crippen LogP contribution in [-0.4, -0.2) is 29.9 Å². The van der Waals surface area contributed by atoms with Crippen molar-refractivity contribution in [2.45, 2.75) is 19.5 Å². The molecule has 1 atom stereocenters. The number of nitriles is 1. The van der Waals surface area contributed by atoms with Crippen LogP contribution in [-0.2, 0) is 11.3 Å². The number of nitrogens with one attached hydrogen (secondary N) is 1. The van der Waals surface area contributed by atoms with Gasteiger partial charge in [0.15, 0.2) is 11.5 Å². The summed E-state index contributed by atoms with van der Waals surface area (Å²) in [7, 11) is 3.08. The molecule has 0 aliphatic rings. The SMILES string of the molecule is COc1ccc(-c2nn(Cc3ccccc3F)cc2/C=C(\C#N)C(=O)NC(C)c2ccccc2)cc1OC. The van der Waals surface area contributed by atoms with E-state index in [1.54, 1.807) is 54.4 Å². The molecule has 3 aromatic carbocycles. The van der Waals surface area contributed by atoms with E-state index in [-0.39, 0.29) is 24.0 Å². The van der Waals surface area contributed by atoms with E-state index in [2.05, 4.69) is 10.4 Å². The number of methoxy groups -OCH3 is 2. The summed E-state index contributed by atoms with van der Waals surface area (Å²) in [5, 5.41) is 17.4. The largest absolute Gasteiger partial charge is 0.493 e. The lowest BCUT2D eigenvalue weighted by Gasteiger charge is -2.13. The van der Waals surface area contributed by atoms with Gasteiger partial charge in [0.05, 0.1) is 32.5 Å². The Kier molecular flexibility index (Phi) is 8.19. The summed E-state index contributed by atoms with van der Waals surface area (Å²) in [6.07, 6.45) is 3.17. The minimum Gasteiger partial charge on any atom is -0.493 e. The zero-order valence-corrected chi connectivity index (χ0v) is 21.3. The summed E-state index contributed by atoms with van der Waals surface area (Å²) in [6.45, 7) is 2.02. The summed E-state index contributed by atoms with van der Waals surface area (Å²) >= 11 is 0. The molecule has 1 heterocycles. The Morgan fingerprint density at radius 1 is 1.08 bits per heavy atom. The molecule has 0 spiro atoms. The Morgan fingerprint density at radius 3 is 2.47 bits per heavy atom. The summed E-state index contributed by atoms with van der Waals surface area (Å²) in [5.74, 6) is 0.188. The van der Waals surface area contributed by atoms with Crippen LogP contribution in [0.2, 0.25) is 0 Å². The van der Waals surface area contributed by atoms with Gasteiger partial charge in [-0.15, -0.1) is 0 Å². The number of halogens is 1. The van der Waals surface area contributed by atoms with Crippen molar-refractivity contribution in [2.24, 2.45) is 0 Å². The fraction of sp³-hybridized carbons (Fsp3) is 0.167. The zero-order valence-electron chi connectivity index (χ0n) is 21.3. The average molecular weight is 511 g/mol. The van der Waals surface area contributed by atoms with Crippen molar-refractivity contribution in [3.63, 3.8) is 0 Å². The molecule has 1 N–H and O–H groups in total. The molecule has 8 heteroatoms. The fourth-order valence-electron chi connectivity index (χ4n) is 4.04. The van der Waals surface area contributed by atoms with E-state index in [0.29, 0.717) is 33.9 Å². The number of amides is 1. The van der Waals surface area contributed by atoms with Gasteiger partial charge in [-0.3, -0.25) is 9.48 Å². The lowest BCUT2D eigenvalue weighted by Crippen LogP contribution is -2.27. The molecule has 0 radical (unpaired) electrons. The number of benzene rings is 3. The number of nitrogens with zero attached hydrogens (tertiary/aromatic N) is 3. The van der Waals surface area contributed by atoms with Gasteiger partial charge in [-0.2, -0.15) is 10.4 Å². The van der Waals surface area contributed by atoms with Crippen molar-refractivity contribution in [1.82, 2.24) is 15.1 Å². The fourth-order valence-corrected chi connectivity index (χ4v) is 4.04. The van der Waals surface area contributed by atoms with Crippen molar-refractivity contribution < 1.29 is 18.7 Å². The molecule has 0 saturated carbocycles. The first-order chi connectivity index (χ1) is 18.4. The van der Waals surface area contributed by atoms with Crippen molar-refractivity contribution in [3.05, 3.63) is 107 Å². The Bertz CT molecular complexity index is 1510. The van der Waals surface area contributed by atoms with Gasteiger partial charge in [-0.25, -0.2) is 4.39 Å². The predicted octanol–water partition coefficient (Wildman–Crippen LogP) is 5.54. The number of rotatable bonds is 9. The zero-order chi connectivity index (χ0) is 27.1.